The van der Waals surface area contributed by atoms with Crippen molar-refractivity contribution in [3.63, 3.8) is 0 Å². The van der Waals surface area contributed by atoms with Gasteiger partial charge in [-0.1, -0.05) is 35.9 Å². The van der Waals surface area contributed by atoms with Crippen LogP contribution in [0.3, 0.4) is 0 Å². The van der Waals surface area contributed by atoms with Gasteiger partial charge in [0, 0.05) is 0 Å². The number of nitrogens with one attached hydrogen (secondary N) is 3. The molecule has 0 unspecified atom stereocenters. The number of carbonyl (C=O) groups is 3. The summed E-state index contributed by atoms with van der Waals surface area (Å²) in [5, 5.41) is 12.6. The van der Waals surface area contributed by atoms with Gasteiger partial charge < -0.3 is 10.4 Å². The molecule has 0 saturated carbocycles. The number of phenolic OH excluding ortho intramolecular Hbond substituents is 1. The summed E-state index contributed by atoms with van der Waals surface area (Å²) >= 11 is 7.54. The molecule has 28 heavy (non-hydrogen) atoms. The van der Waals surface area contributed by atoms with Crippen LogP contribution in [0.4, 0.5) is 0 Å². The van der Waals surface area contributed by atoms with Crippen LogP contribution >= 0.6 is 23.4 Å². The zero-order valence-corrected chi connectivity index (χ0v) is 16.6. The van der Waals surface area contributed by atoms with Crippen molar-refractivity contribution in [2.75, 3.05) is 12.0 Å². The average molecular weight is 422 g/mol. The molecule has 7 nitrogen and oxygen atoms in total. The van der Waals surface area contributed by atoms with Crippen LogP contribution in [-0.2, 0) is 4.79 Å². The molecule has 1 atom stereocenters. The molecular formula is C19H20ClN3O4S. The lowest BCUT2D eigenvalue weighted by molar-refractivity contribution is -0.123. The number of hydrazine groups is 1. The molecule has 2 aromatic rings. The van der Waals surface area contributed by atoms with E-state index in [1.807, 2.05) is 6.26 Å². The van der Waals surface area contributed by atoms with Crippen molar-refractivity contribution in [3.8, 4) is 5.75 Å². The molecule has 0 saturated heterocycles. The molecule has 9 heteroatoms. The second-order valence-electron chi connectivity index (χ2n) is 5.75. The third kappa shape index (κ3) is 5.90. The van der Waals surface area contributed by atoms with Crippen LogP contribution in [0.5, 0.6) is 5.75 Å². The quantitative estimate of drug-likeness (QED) is 0.513. The Balaban J connectivity index is 2.02. The molecule has 2 aromatic carbocycles. The van der Waals surface area contributed by atoms with Gasteiger partial charge in [0.25, 0.3) is 17.7 Å². The van der Waals surface area contributed by atoms with Gasteiger partial charge in [0.05, 0.1) is 16.1 Å². The van der Waals surface area contributed by atoms with Gasteiger partial charge in [0.2, 0.25) is 0 Å². The van der Waals surface area contributed by atoms with E-state index in [9.17, 15) is 19.5 Å². The Bertz CT molecular complexity index is 863. The van der Waals surface area contributed by atoms with Crippen LogP contribution < -0.4 is 16.2 Å². The number of thioether (sulfide) groups is 1. The topological polar surface area (TPSA) is 108 Å². The van der Waals surface area contributed by atoms with E-state index in [0.29, 0.717) is 12.2 Å². The molecule has 0 aliphatic heterocycles. The Morgan fingerprint density at radius 3 is 2.29 bits per heavy atom. The summed E-state index contributed by atoms with van der Waals surface area (Å²) in [6, 6.07) is 11.6. The van der Waals surface area contributed by atoms with Crippen molar-refractivity contribution in [3.05, 3.63) is 64.7 Å². The predicted octanol–water partition coefficient (Wildman–Crippen LogP) is 2.36. The monoisotopic (exact) mass is 421 g/mol. The Morgan fingerprint density at radius 2 is 1.64 bits per heavy atom. The summed E-state index contributed by atoms with van der Waals surface area (Å²) in [6.07, 6.45) is 2.24. The fourth-order valence-electron chi connectivity index (χ4n) is 2.32. The molecule has 0 fully saturated rings. The number of aromatic hydroxyl groups is 1. The fourth-order valence-corrected chi connectivity index (χ4v) is 3.02. The summed E-state index contributed by atoms with van der Waals surface area (Å²) < 4.78 is 0. The highest BCUT2D eigenvalue weighted by molar-refractivity contribution is 7.98. The van der Waals surface area contributed by atoms with Gasteiger partial charge in [-0.15, -0.1) is 0 Å². The molecule has 2 rings (SSSR count). The largest absolute Gasteiger partial charge is 0.507 e. The van der Waals surface area contributed by atoms with E-state index in [-0.39, 0.29) is 21.9 Å². The van der Waals surface area contributed by atoms with Crippen LogP contribution in [0.15, 0.2) is 48.5 Å². The Hall–Kier alpha value is -2.71. The first-order valence-electron chi connectivity index (χ1n) is 8.36. The molecule has 148 valence electrons. The van der Waals surface area contributed by atoms with Crippen molar-refractivity contribution in [2.45, 2.75) is 12.5 Å². The maximum atomic E-state index is 12.5. The smallest absolute Gasteiger partial charge is 0.273 e. The van der Waals surface area contributed by atoms with Crippen molar-refractivity contribution in [1.29, 1.82) is 0 Å². The zero-order chi connectivity index (χ0) is 20.5. The highest BCUT2D eigenvalue weighted by Gasteiger charge is 2.23. The molecule has 0 radical (unpaired) electrons. The summed E-state index contributed by atoms with van der Waals surface area (Å²) in [5.41, 5.74) is 4.79. The summed E-state index contributed by atoms with van der Waals surface area (Å²) in [7, 11) is 0. The lowest BCUT2D eigenvalue weighted by Gasteiger charge is -2.19. The van der Waals surface area contributed by atoms with Gasteiger partial charge in [0.15, 0.2) is 0 Å². The van der Waals surface area contributed by atoms with Crippen LogP contribution in [0, 0.1) is 0 Å². The number of halogens is 1. The zero-order valence-electron chi connectivity index (χ0n) is 15.1. The molecule has 0 aliphatic carbocycles. The van der Waals surface area contributed by atoms with Gasteiger partial charge in [-0.25, -0.2) is 0 Å². The van der Waals surface area contributed by atoms with Gasteiger partial charge in [-0.2, -0.15) is 11.8 Å². The molecule has 4 N–H and O–H groups in total. The fraction of sp³-hybridized carbons (Fsp3) is 0.211. The maximum absolute atomic E-state index is 12.5. The minimum absolute atomic E-state index is 0.0172. The second kappa shape index (κ2) is 10.6. The van der Waals surface area contributed by atoms with Crippen molar-refractivity contribution < 1.29 is 19.5 Å². The van der Waals surface area contributed by atoms with E-state index in [1.54, 1.807) is 36.4 Å². The summed E-state index contributed by atoms with van der Waals surface area (Å²) in [4.78, 5) is 37.0. The molecule has 0 aliphatic rings. The summed E-state index contributed by atoms with van der Waals surface area (Å²) in [6.45, 7) is 0. The third-order valence-corrected chi connectivity index (χ3v) is 4.77. The van der Waals surface area contributed by atoms with Gasteiger partial charge >= 0.3 is 0 Å². The highest BCUT2D eigenvalue weighted by atomic mass is 35.5. The lowest BCUT2D eigenvalue weighted by atomic mass is 10.1. The standard InChI is InChI=1S/C19H20ClN3O4S/c1-28-11-10-15(21-17(25)12-6-2-4-8-14(12)20)19(27)23-22-18(26)13-7-3-5-9-16(13)24/h2-9,15,24H,10-11H2,1H3,(H,21,25)(H,22,26)(H,23,27)/t15-/m1/s1. The molecule has 0 bridgehead atoms. The normalized spacial score (nSPS) is 11.4. The van der Waals surface area contributed by atoms with E-state index in [2.05, 4.69) is 16.2 Å². The average Bonchev–Trinajstić information content (AvgIpc) is 2.69. The minimum Gasteiger partial charge on any atom is -0.507 e. The maximum Gasteiger partial charge on any atom is 0.273 e. The highest BCUT2D eigenvalue weighted by Crippen LogP contribution is 2.16. The van der Waals surface area contributed by atoms with Crippen molar-refractivity contribution in [1.82, 2.24) is 16.2 Å². The molecular weight excluding hydrogens is 402 g/mol. The molecule has 0 heterocycles. The molecule has 0 aromatic heterocycles. The van der Waals surface area contributed by atoms with Crippen LogP contribution in [-0.4, -0.2) is 40.9 Å². The number of carbonyl (C=O) groups excluding carboxylic acids is 3. The van der Waals surface area contributed by atoms with E-state index < -0.39 is 23.8 Å². The third-order valence-electron chi connectivity index (χ3n) is 3.80. The van der Waals surface area contributed by atoms with E-state index in [1.165, 1.54) is 23.9 Å². The van der Waals surface area contributed by atoms with Gasteiger partial charge in [-0.05, 0) is 42.7 Å². The van der Waals surface area contributed by atoms with Crippen LogP contribution in [0.1, 0.15) is 27.1 Å². The Morgan fingerprint density at radius 1 is 1.00 bits per heavy atom. The number of para-hydroxylation sites is 1. The predicted molar refractivity (Wildman–Crippen MR) is 109 cm³/mol. The second-order valence-corrected chi connectivity index (χ2v) is 7.14. The SMILES string of the molecule is CSCC[C@@H](NC(=O)c1ccccc1Cl)C(=O)NNC(=O)c1ccccc1O. The first-order valence-corrected chi connectivity index (χ1v) is 10.1. The molecule has 3 amide bonds. The first kappa shape index (κ1) is 21.6. The van der Waals surface area contributed by atoms with Crippen molar-refractivity contribution >= 4 is 41.1 Å². The number of hydrogen-bond acceptors (Lipinski definition) is 5. The number of benzene rings is 2. The van der Waals surface area contributed by atoms with Crippen LogP contribution in [0.2, 0.25) is 5.02 Å². The van der Waals surface area contributed by atoms with E-state index >= 15 is 0 Å². The van der Waals surface area contributed by atoms with E-state index in [4.69, 9.17) is 11.6 Å². The Kier molecular flexibility index (Phi) is 8.16. The van der Waals surface area contributed by atoms with E-state index in [0.717, 1.165) is 0 Å². The number of rotatable bonds is 7. The van der Waals surface area contributed by atoms with Gasteiger partial charge in [0.1, 0.15) is 11.8 Å². The lowest BCUT2D eigenvalue weighted by Crippen LogP contribution is -2.52. The van der Waals surface area contributed by atoms with Crippen LogP contribution in [0.25, 0.3) is 0 Å². The van der Waals surface area contributed by atoms with Crippen molar-refractivity contribution in [2.24, 2.45) is 0 Å². The molecule has 0 spiro atoms. The Labute approximate surface area is 171 Å². The number of phenols is 1. The summed E-state index contributed by atoms with van der Waals surface area (Å²) in [5.74, 6) is -1.33. The first-order chi connectivity index (χ1) is 13.4. The van der Waals surface area contributed by atoms with Gasteiger partial charge in [-0.3, -0.25) is 25.2 Å². The number of hydrogen-bond donors (Lipinski definition) is 4. The number of amides is 3. The minimum atomic E-state index is -0.874.